The summed E-state index contributed by atoms with van der Waals surface area (Å²) in [6, 6.07) is 15.6. The number of rotatable bonds is 6. The smallest absolute Gasteiger partial charge is 0.241 e. The maximum atomic E-state index is 13.5. The zero-order valence-corrected chi connectivity index (χ0v) is 16.5. The van der Waals surface area contributed by atoms with Crippen molar-refractivity contribution in [2.45, 2.75) is 44.4 Å². The van der Waals surface area contributed by atoms with E-state index in [9.17, 15) is 9.59 Å². The van der Waals surface area contributed by atoms with Crippen LogP contribution in [0.25, 0.3) is 0 Å². The molecule has 1 aromatic heterocycles. The molecule has 2 saturated heterocycles. The maximum Gasteiger partial charge on any atom is 0.241 e. The van der Waals surface area contributed by atoms with Crippen LogP contribution >= 0.6 is 0 Å². The highest BCUT2D eigenvalue weighted by atomic mass is 16.2. The maximum absolute atomic E-state index is 13.5. The number of nitrogens with zero attached hydrogens (tertiary/aromatic N) is 2. The number of benzene rings is 1. The van der Waals surface area contributed by atoms with Crippen molar-refractivity contribution in [3.05, 3.63) is 66.0 Å². The molecule has 1 aromatic carbocycles. The van der Waals surface area contributed by atoms with Crippen molar-refractivity contribution in [1.82, 2.24) is 26.1 Å². The van der Waals surface area contributed by atoms with E-state index in [-0.39, 0.29) is 35.9 Å². The fraction of sp³-hybridized carbons (Fsp3) is 0.409. The number of carbonyl (C=O) groups is 2. The molecule has 2 amide bonds. The summed E-state index contributed by atoms with van der Waals surface area (Å²) in [7, 11) is 0. The molecule has 0 bridgehead atoms. The molecule has 7 heteroatoms. The van der Waals surface area contributed by atoms with E-state index in [1.165, 1.54) is 0 Å². The van der Waals surface area contributed by atoms with Crippen LogP contribution in [0.3, 0.4) is 0 Å². The third kappa shape index (κ3) is 4.46. The summed E-state index contributed by atoms with van der Waals surface area (Å²) >= 11 is 0. The number of aromatic nitrogens is 1. The van der Waals surface area contributed by atoms with Gasteiger partial charge in [-0.25, -0.2) is 10.9 Å². The Kier molecular flexibility index (Phi) is 5.87. The number of carbonyl (C=O) groups excluding carboxylic acids is 2. The van der Waals surface area contributed by atoms with Crippen molar-refractivity contribution < 1.29 is 9.59 Å². The molecule has 0 saturated carbocycles. The number of hydrogen-bond donors (Lipinski definition) is 3. The lowest BCUT2D eigenvalue weighted by atomic mass is 9.90. The average molecular weight is 393 g/mol. The van der Waals surface area contributed by atoms with Crippen LogP contribution in [-0.4, -0.2) is 40.3 Å². The predicted octanol–water partition coefficient (Wildman–Crippen LogP) is 1.54. The number of hydrazine groups is 1. The topological polar surface area (TPSA) is 86.4 Å². The van der Waals surface area contributed by atoms with Crippen LogP contribution in [0.4, 0.5) is 0 Å². The lowest BCUT2D eigenvalue weighted by Crippen LogP contribution is -2.50. The Morgan fingerprint density at radius 1 is 1.14 bits per heavy atom. The van der Waals surface area contributed by atoms with E-state index in [0.29, 0.717) is 19.5 Å². The second kappa shape index (κ2) is 8.71. The summed E-state index contributed by atoms with van der Waals surface area (Å²) in [4.78, 5) is 31.3. The summed E-state index contributed by atoms with van der Waals surface area (Å²) in [5.74, 6) is 0.155. The highest BCUT2D eigenvalue weighted by molar-refractivity contribution is 5.83. The molecule has 3 unspecified atom stereocenters. The second-order valence-electron chi connectivity index (χ2n) is 7.86. The van der Waals surface area contributed by atoms with Crippen molar-refractivity contribution in [2.24, 2.45) is 5.92 Å². The highest BCUT2D eigenvalue weighted by Crippen LogP contribution is 2.29. The van der Waals surface area contributed by atoms with E-state index in [2.05, 4.69) is 40.2 Å². The minimum absolute atomic E-state index is 0.00949. The van der Waals surface area contributed by atoms with Gasteiger partial charge in [0.15, 0.2) is 0 Å². The lowest BCUT2D eigenvalue weighted by Gasteiger charge is -2.29. The monoisotopic (exact) mass is 393 g/mol. The van der Waals surface area contributed by atoms with Gasteiger partial charge in [0.2, 0.25) is 11.8 Å². The van der Waals surface area contributed by atoms with E-state index in [4.69, 9.17) is 0 Å². The Morgan fingerprint density at radius 2 is 1.93 bits per heavy atom. The first-order valence-corrected chi connectivity index (χ1v) is 10.2. The molecular formula is C22H27N5O2. The van der Waals surface area contributed by atoms with Gasteiger partial charge in [0, 0.05) is 31.1 Å². The lowest BCUT2D eigenvalue weighted by molar-refractivity contribution is -0.135. The summed E-state index contributed by atoms with van der Waals surface area (Å²) in [6.45, 7) is 3.00. The van der Waals surface area contributed by atoms with Crippen molar-refractivity contribution >= 4 is 11.8 Å². The van der Waals surface area contributed by atoms with Gasteiger partial charge in [0.25, 0.3) is 0 Å². The second-order valence-corrected chi connectivity index (χ2v) is 7.86. The molecule has 152 valence electrons. The van der Waals surface area contributed by atoms with Gasteiger partial charge >= 0.3 is 0 Å². The molecule has 2 aliphatic heterocycles. The van der Waals surface area contributed by atoms with Crippen LogP contribution in [0.1, 0.15) is 37.1 Å². The Bertz CT molecular complexity index is 845. The SMILES string of the molecule is CC1C(C(=O)N(Cc2ccccn2)C[C@@H]2CCC(=O)N2)NNC1c1ccccc1. The van der Waals surface area contributed by atoms with E-state index >= 15 is 0 Å². The molecule has 29 heavy (non-hydrogen) atoms. The quantitative estimate of drug-likeness (QED) is 0.693. The van der Waals surface area contributed by atoms with Crippen molar-refractivity contribution in [3.8, 4) is 0 Å². The summed E-state index contributed by atoms with van der Waals surface area (Å²) in [6.07, 6.45) is 3.01. The van der Waals surface area contributed by atoms with Crippen molar-refractivity contribution in [1.29, 1.82) is 0 Å². The molecule has 4 atom stereocenters. The first-order chi connectivity index (χ1) is 14.1. The number of pyridine rings is 1. The largest absolute Gasteiger partial charge is 0.352 e. The van der Waals surface area contributed by atoms with Crippen LogP contribution in [-0.2, 0) is 16.1 Å². The molecule has 2 aliphatic rings. The van der Waals surface area contributed by atoms with Gasteiger partial charge in [0.1, 0.15) is 6.04 Å². The minimum atomic E-state index is -0.346. The summed E-state index contributed by atoms with van der Waals surface area (Å²) < 4.78 is 0. The number of hydrogen-bond acceptors (Lipinski definition) is 5. The van der Waals surface area contributed by atoms with Gasteiger partial charge in [-0.2, -0.15) is 0 Å². The van der Waals surface area contributed by atoms with E-state index in [1.807, 2.05) is 41.3 Å². The standard InChI is InChI=1S/C22H27N5O2/c1-15-20(16-7-3-2-4-8-16)25-26-21(15)22(29)27(13-17-9-5-6-12-23-17)14-18-10-11-19(28)24-18/h2-9,12,15,18,20-21,25-26H,10-11,13-14H2,1H3,(H,24,28)/t15?,18-,20?,21?/m0/s1. The fourth-order valence-electron chi connectivity index (χ4n) is 4.17. The molecule has 7 nitrogen and oxygen atoms in total. The number of nitrogens with one attached hydrogen (secondary N) is 3. The van der Waals surface area contributed by atoms with Gasteiger partial charge in [-0.05, 0) is 24.1 Å². The van der Waals surface area contributed by atoms with Crippen LogP contribution in [0.5, 0.6) is 0 Å². The van der Waals surface area contributed by atoms with Gasteiger partial charge in [0.05, 0.1) is 18.3 Å². The normalized spacial score (nSPS) is 26.3. The van der Waals surface area contributed by atoms with Gasteiger partial charge in [-0.1, -0.05) is 43.3 Å². The van der Waals surface area contributed by atoms with Crippen LogP contribution in [0, 0.1) is 5.92 Å². The van der Waals surface area contributed by atoms with Crippen LogP contribution in [0.2, 0.25) is 0 Å². The first kappa shape index (κ1) is 19.5. The molecule has 0 aliphatic carbocycles. The average Bonchev–Trinajstić information content (AvgIpc) is 3.33. The molecule has 3 N–H and O–H groups in total. The molecule has 0 spiro atoms. The Labute approximate surface area is 170 Å². The van der Waals surface area contributed by atoms with Crippen molar-refractivity contribution in [2.75, 3.05) is 6.54 Å². The Balaban J connectivity index is 1.50. The van der Waals surface area contributed by atoms with E-state index in [1.54, 1.807) is 6.20 Å². The summed E-state index contributed by atoms with van der Waals surface area (Å²) in [5, 5.41) is 2.97. The van der Waals surface area contributed by atoms with E-state index < -0.39 is 0 Å². The molecule has 4 rings (SSSR count). The molecule has 2 aromatic rings. The highest BCUT2D eigenvalue weighted by Gasteiger charge is 2.40. The van der Waals surface area contributed by atoms with Gasteiger partial charge < -0.3 is 10.2 Å². The molecule has 2 fully saturated rings. The zero-order valence-electron chi connectivity index (χ0n) is 16.5. The molecule has 3 heterocycles. The predicted molar refractivity (Wildman–Crippen MR) is 109 cm³/mol. The third-order valence-corrected chi connectivity index (χ3v) is 5.79. The third-order valence-electron chi connectivity index (χ3n) is 5.79. The summed E-state index contributed by atoms with van der Waals surface area (Å²) in [5.41, 5.74) is 8.49. The molecular weight excluding hydrogens is 366 g/mol. The zero-order chi connectivity index (χ0) is 20.2. The Morgan fingerprint density at radius 3 is 2.62 bits per heavy atom. The minimum Gasteiger partial charge on any atom is -0.352 e. The van der Waals surface area contributed by atoms with Crippen LogP contribution in [0.15, 0.2) is 54.7 Å². The van der Waals surface area contributed by atoms with Crippen molar-refractivity contribution in [3.63, 3.8) is 0 Å². The fourth-order valence-corrected chi connectivity index (χ4v) is 4.17. The molecule has 0 radical (unpaired) electrons. The van der Waals surface area contributed by atoms with Gasteiger partial charge in [-0.15, -0.1) is 0 Å². The Hall–Kier alpha value is -2.77. The van der Waals surface area contributed by atoms with Crippen LogP contribution < -0.4 is 16.2 Å². The number of amides is 2. The first-order valence-electron chi connectivity index (χ1n) is 10.2. The van der Waals surface area contributed by atoms with E-state index in [0.717, 1.165) is 17.7 Å². The van der Waals surface area contributed by atoms with Gasteiger partial charge in [-0.3, -0.25) is 14.6 Å².